The third-order valence-electron chi connectivity index (χ3n) is 6.39. The fourth-order valence-electron chi connectivity index (χ4n) is 4.00. The molecule has 2 aromatic heterocycles. The van der Waals surface area contributed by atoms with Crippen molar-refractivity contribution in [1.82, 2.24) is 14.1 Å². The van der Waals surface area contributed by atoms with Gasteiger partial charge in [0.05, 0.1) is 17.6 Å². The first-order valence-corrected chi connectivity index (χ1v) is 13.0. The number of aromatic nitrogens is 3. The van der Waals surface area contributed by atoms with Crippen LogP contribution in [0.1, 0.15) is 42.9 Å². The van der Waals surface area contributed by atoms with Gasteiger partial charge < -0.3 is 20.7 Å². The molecule has 43 heavy (non-hydrogen) atoms. The van der Waals surface area contributed by atoms with Crippen molar-refractivity contribution in [2.45, 2.75) is 26.8 Å². The molecule has 13 heteroatoms. The zero-order valence-electron chi connectivity index (χ0n) is 23.7. The summed E-state index contributed by atoms with van der Waals surface area (Å²) in [4.78, 5) is 56.8. The van der Waals surface area contributed by atoms with E-state index in [0.717, 1.165) is 29.0 Å². The SMILES string of the molecule is CC(=O)N(C)c1cnc(C=CN)c(Oc2ccc(NC(=O)c3cn(C(C)C)c(=O)n(-c4ccc(F)cc4)c3=O)cc2F)c1. The van der Waals surface area contributed by atoms with Crippen LogP contribution in [0.2, 0.25) is 0 Å². The van der Waals surface area contributed by atoms with Gasteiger partial charge in [0.15, 0.2) is 17.3 Å². The molecule has 0 atom stereocenters. The number of nitrogens with zero attached hydrogens (tertiary/aromatic N) is 4. The van der Waals surface area contributed by atoms with Gasteiger partial charge in [-0.3, -0.25) is 23.9 Å². The Labute approximate surface area is 244 Å². The van der Waals surface area contributed by atoms with Crippen LogP contribution in [0.15, 0.2) is 76.7 Å². The second-order valence-corrected chi connectivity index (χ2v) is 9.66. The normalized spacial score (nSPS) is 11.1. The van der Waals surface area contributed by atoms with Crippen LogP contribution in [0.25, 0.3) is 11.8 Å². The maximum Gasteiger partial charge on any atom is 0.335 e. The van der Waals surface area contributed by atoms with Crippen LogP contribution < -0.4 is 31.9 Å². The van der Waals surface area contributed by atoms with E-state index in [4.69, 9.17) is 10.5 Å². The highest BCUT2D eigenvalue weighted by molar-refractivity contribution is 6.04. The van der Waals surface area contributed by atoms with Crippen LogP contribution in [0.5, 0.6) is 11.5 Å². The Balaban J connectivity index is 1.66. The Morgan fingerprint density at radius 3 is 2.37 bits per heavy atom. The molecule has 4 aromatic rings. The van der Waals surface area contributed by atoms with Crippen LogP contribution in [0, 0.1) is 11.6 Å². The number of rotatable bonds is 8. The number of carbonyl (C=O) groups is 2. The summed E-state index contributed by atoms with van der Waals surface area (Å²) in [7, 11) is 1.54. The Morgan fingerprint density at radius 2 is 1.77 bits per heavy atom. The largest absolute Gasteiger partial charge is 0.452 e. The van der Waals surface area contributed by atoms with Crippen molar-refractivity contribution in [1.29, 1.82) is 0 Å². The molecule has 2 amide bonds. The summed E-state index contributed by atoms with van der Waals surface area (Å²) >= 11 is 0. The summed E-state index contributed by atoms with van der Waals surface area (Å²) in [5.41, 5.74) is 4.19. The van der Waals surface area contributed by atoms with Crippen LogP contribution >= 0.6 is 0 Å². The molecule has 0 saturated carbocycles. The number of amides is 2. The highest BCUT2D eigenvalue weighted by atomic mass is 19.1. The van der Waals surface area contributed by atoms with Crippen molar-refractivity contribution in [2.24, 2.45) is 5.73 Å². The number of anilines is 2. The van der Waals surface area contributed by atoms with Crippen LogP contribution in [-0.2, 0) is 4.79 Å². The Hall–Kier alpha value is -5.59. The number of nitrogens with one attached hydrogen (secondary N) is 1. The average molecular weight is 591 g/mol. The molecule has 2 heterocycles. The lowest BCUT2D eigenvalue weighted by molar-refractivity contribution is -0.116. The third-order valence-corrected chi connectivity index (χ3v) is 6.39. The van der Waals surface area contributed by atoms with E-state index in [-0.39, 0.29) is 34.5 Å². The van der Waals surface area contributed by atoms with Crippen molar-refractivity contribution in [3.8, 4) is 17.2 Å². The van der Waals surface area contributed by atoms with E-state index in [9.17, 15) is 23.6 Å². The molecule has 0 radical (unpaired) electrons. The highest BCUT2D eigenvalue weighted by Crippen LogP contribution is 2.31. The molecular weight excluding hydrogens is 562 g/mol. The first-order chi connectivity index (χ1) is 20.4. The topological polar surface area (TPSA) is 142 Å². The smallest absolute Gasteiger partial charge is 0.335 e. The van der Waals surface area contributed by atoms with Crippen molar-refractivity contribution >= 4 is 29.3 Å². The number of halogens is 2. The monoisotopic (exact) mass is 590 g/mol. The predicted molar refractivity (Wildman–Crippen MR) is 158 cm³/mol. The molecule has 0 bridgehead atoms. The summed E-state index contributed by atoms with van der Waals surface area (Å²) in [5, 5.41) is 2.47. The molecule has 0 aliphatic heterocycles. The van der Waals surface area contributed by atoms with Crippen molar-refractivity contribution in [2.75, 3.05) is 17.3 Å². The lowest BCUT2D eigenvalue weighted by Gasteiger charge is -2.17. The standard InChI is InChI=1S/C30H28F2N6O5/c1-17(2)37-16-23(29(41)38(30(37)42)21-8-5-19(31)6-9-21)28(40)35-20-7-10-26(24(32)13-20)43-27-14-22(36(4)18(3)39)15-34-25(27)11-12-33/h5-17H,33H2,1-4H3,(H,35,40). The van der Waals surface area contributed by atoms with Crippen molar-refractivity contribution < 1.29 is 23.1 Å². The van der Waals surface area contributed by atoms with E-state index >= 15 is 4.39 Å². The second-order valence-electron chi connectivity index (χ2n) is 9.66. The van der Waals surface area contributed by atoms with Gasteiger partial charge in [0.1, 0.15) is 17.1 Å². The molecule has 0 unspecified atom stereocenters. The van der Waals surface area contributed by atoms with Crippen LogP contribution in [-0.4, -0.2) is 33.0 Å². The molecule has 222 valence electrons. The molecule has 3 N–H and O–H groups in total. The second kappa shape index (κ2) is 12.5. The van der Waals surface area contributed by atoms with Gasteiger partial charge in [0, 0.05) is 44.0 Å². The minimum absolute atomic E-state index is 0.00450. The summed E-state index contributed by atoms with van der Waals surface area (Å²) in [6, 6.07) is 9.33. The van der Waals surface area contributed by atoms with Gasteiger partial charge in [-0.05, 0) is 62.5 Å². The van der Waals surface area contributed by atoms with Gasteiger partial charge in [0.25, 0.3) is 11.5 Å². The lowest BCUT2D eigenvalue weighted by atomic mass is 10.2. The van der Waals surface area contributed by atoms with Crippen LogP contribution in [0.3, 0.4) is 0 Å². The van der Waals surface area contributed by atoms with Crippen LogP contribution in [0.4, 0.5) is 20.2 Å². The summed E-state index contributed by atoms with van der Waals surface area (Å²) < 4.78 is 36.3. The number of nitrogens with two attached hydrogens (primary N) is 1. The lowest BCUT2D eigenvalue weighted by Crippen LogP contribution is -2.42. The number of benzene rings is 2. The molecule has 0 aliphatic rings. The summed E-state index contributed by atoms with van der Waals surface area (Å²) in [6.07, 6.45) is 5.23. The molecule has 0 aliphatic carbocycles. The zero-order chi connectivity index (χ0) is 31.4. The number of hydrogen-bond donors (Lipinski definition) is 2. The first kappa shape index (κ1) is 30.4. The Morgan fingerprint density at radius 1 is 1.07 bits per heavy atom. The van der Waals surface area contributed by atoms with E-state index in [0.29, 0.717) is 5.69 Å². The number of ether oxygens (including phenoxy) is 1. The molecule has 0 spiro atoms. The van der Waals surface area contributed by atoms with E-state index < -0.39 is 40.4 Å². The maximum atomic E-state index is 15.2. The summed E-state index contributed by atoms with van der Waals surface area (Å²) in [6.45, 7) is 4.75. The molecular formula is C30H28F2N6O5. The van der Waals surface area contributed by atoms with E-state index in [1.165, 1.54) is 65.2 Å². The minimum atomic E-state index is -0.935. The van der Waals surface area contributed by atoms with E-state index in [2.05, 4.69) is 10.3 Å². The molecule has 0 saturated heterocycles. The molecule has 4 rings (SSSR count). The Kier molecular flexibility index (Phi) is 8.84. The summed E-state index contributed by atoms with van der Waals surface area (Å²) in [5.74, 6) is -2.69. The average Bonchev–Trinajstić information content (AvgIpc) is 2.95. The van der Waals surface area contributed by atoms with Gasteiger partial charge in [-0.2, -0.15) is 0 Å². The van der Waals surface area contributed by atoms with Crippen molar-refractivity contribution in [3.05, 3.63) is 111 Å². The molecule has 2 aromatic carbocycles. The zero-order valence-corrected chi connectivity index (χ0v) is 23.7. The fourth-order valence-corrected chi connectivity index (χ4v) is 4.00. The minimum Gasteiger partial charge on any atom is -0.452 e. The third kappa shape index (κ3) is 6.50. The molecule has 11 nitrogen and oxygen atoms in total. The van der Waals surface area contributed by atoms with Gasteiger partial charge in [-0.25, -0.2) is 18.1 Å². The maximum absolute atomic E-state index is 15.2. The Bertz CT molecular complexity index is 1850. The highest BCUT2D eigenvalue weighted by Gasteiger charge is 2.21. The number of hydrogen-bond acceptors (Lipinski definition) is 7. The van der Waals surface area contributed by atoms with Gasteiger partial charge in [-0.15, -0.1) is 0 Å². The van der Waals surface area contributed by atoms with E-state index in [1.807, 2.05) is 0 Å². The fraction of sp³-hybridized carbons (Fsp3) is 0.167. The van der Waals surface area contributed by atoms with Gasteiger partial charge >= 0.3 is 5.69 Å². The quantitative estimate of drug-likeness (QED) is 0.313. The first-order valence-electron chi connectivity index (χ1n) is 13.0. The van der Waals surface area contributed by atoms with Crippen molar-refractivity contribution in [3.63, 3.8) is 0 Å². The van der Waals surface area contributed by atoms with Gasteiger partial charge in [-0.1, -0.05) is 0 Å². The molecule has 0 fully saturated rings. The number of carbonyl (C=O) groups excluding carboxylic acids is 2. The predicted octanol–water partition coefficient (Wildman–Crippen LogP) is 4.21. The van der Waals surface area contributed by atoms with E-state index in [1.54, 1.807) is 20.9 Å². The number of pyridine rings is 1. The van der Waals surface area contributed by atoms with Gasteiger partial charge in [0.2, 0.25) is 5.91 Å².